The number of methoxy groups -OCH3 is 2. The average Bonchev–Trinajstić information content (AvgIpc) is 3.22. The Morgan fingerprint density at radius 2 is 1.87 bits per heavy atom. The van der Waals surface area contributed by atoms with E-state index in [0.29, 0.717) is 35.7 Å². The van der Waals surface area contributed by atoms with E-state index in [4.69, 9.17) is 9.47 Å². The van der Waals surface area contributed by atoms with Crippen molar-refractivity contribution in [2.24, 2.45) is 5.92 Å². The fourth-order valence-electron chi connectivity index (χ4n) is 3.07. The minimum Gasteiger partial charge on any atom is -0.493 e. The zero-order valence-electron chi connectivity index (χ0n) is 16.2. The van der Waals surface area contributed by atoms with E-state index in [1.54, 1.807) is 0 Å². The number of hydrogen-bond acceptors (Lipinski definition) is 8. The smallest absolute Gasteiger partial charge is 0.291 e. The third-order valence-corrected chi connectivity index (χ3v) is 7.42. The van der Waals surface area contributed by atoms with E-state index in [1.165, 1.54) is 36.7 Å². The molecule has 0 saturated carbocycles. The molecule has 1 amide bonds. The number of hydrogen-bond donors (Lipinski definition) is 1. The number of benzene rings is 1. The summed E-state index contributed by atoms with van der Waals surface area (Å²) in [4.78, 5) is 12.4. The van der Waals surface area contributed by atoms with Gasteiger partial charge in [0.05, 0.1) is 19.1 Å². The van der Waals surface area contributed by atoms with Crippen molar-refractivity contribution in [3.05, 3.63) is 23.2 Å². The van der Waals surface area contributed by atoms with Crippen LogP contribution in [0.5, 0.6) is 11.5 Å². The molecule has 2 heterocycles. The molecule has 0 spiro atoms. The number of nitrogens with zero attached hydrogens (tertiary/aromatic N) is 3. The molecule has 0 bridgehead atoms. The molecule has 0 atom stereocenters. The molecular weight excluding hydrogens is 442 g/mol. The lowest BCUT2D eigenvalue weighted by molar-refractivity contribution is -0.120. The van der Waals surface area contributed by atoms with Gasteiger partial charge in [0.1, 0.15) is 0 Å². The summed E-state index contributed by atoms with van der Waals surface area (Å²) in [5.41, 5.74) is 0. The van der Waals surface area contributed by atoms with Crippen LogP contribution < -0.4 is 14.8 Å². The number of sulfonamides is 1. The van der Waals surface area contributed by atoms with E-state index in [1.807, 2.05) is 0 Å². The van der Waals surface area contributed by atoms with Gasteiger partial charge in [0.2, 0.25) is 21.1 Å². The zero-order chi connectivity index (χ0) is 21.9. The second-order valence-electron chi connectivity index (χ2n) is 6.43. The predicted octanol–water partition coefficient (Wildman–Crippen LogP) is 2.53. The molecule has 1 aromatic carbocycles. The predicted molar refractivity (Wildman–Crippen MR) is 105 cm³/mol. The lowest BCUT2D eigenvalue weighted by Gasteiger charge is -2.30. The van der Waals surface area contributed by atoms with Crippen LogP contribution in [0.1, 0.15) is 24.3 Å². The minimum atomic E-state index is -3.77. The Hall–Kier alpha value is -2.38. The summed E-state index contributed by atoms with van der Waals surface area (Å²) in [5.74, 6) is -0.137. The summed E-state index contributed by atoms with van der Waals surface area (Å²) < 4.78 is 62.6. The standard InChI is InChI=1S/C17H20F2N4O5S2/c1-27-12-4-3-11(9-13(12)28-2)30(25,26)23-7-5-10(6-8-23)15(24)20-17-22-21-16(29-17)14(18)19/h3-4,9-10,14H,5-8H2,1-2H3,(H,20,22,24). The van der Waals surface area contributed by atoms with Crippen molar-refractivity contribution >= 4 is 32.4 Å². The SMILES string of the molecule is COc1ccc(S(=O)(=O)N2CCC(C(=O)Nc3nnc(C(F)F)s3)CC2)cc1OC. The van der Waals surface area contributed by atoms with Gasteiger partial charge in [-0.2, -0.15) is 4.31 Å². The molecule has 1 aromatic heterocycles. The first-order chi connectivity index (χ1) is 14.3. The van der Waals surface area contributed by atoms with Crippen LogP contribution >= 0.6 is 11.3 Å². The van der Waals surface area contributed by atoms with Crippen LogP contribution in [0.3, 0.4) is 0 Å². The molecule has 164 valence electrons. The van der Waals surface area contributed by atoms with Crippen LogP contribution in [0, 0.1) is 5.92 Å². The Balaban J connectivity index is 1.63. The van der Waals surface area contributed by atoms with E-state index in [-0.39, 0.29) is 23.1 Å². The molecule has 1 fully saturated rings. The van der Waals surface area contributed by atoms with E-state index in [9.17, 15) is 22.0 Å². The highest BCUT2D eigenvalue weighted by Gasteiger charge is 2.33. The summed E-state index contributed by atoms with van der Waals surface area (Å²) >= 11 is 0.609. The van der Waals surface area contributed by atoms with Crippen LogP contribution in [-0.2, 0) is 14.8 Å². The van der Waals surface area contributed by atoms with Crippen molar-refractivity contribution in [1.29, 1.82) is 0 Å². The maximum Gasteiger partial charge on any atom is 0.291 e. The maximum atomic E-state index is 12.9. The van der Waals surface area contributed by atoms with Gasteiger partial charge in [-0.1, -0.05) is 11.3 Å². The number of amides is 1. The van der Waals surface area contributed by atoms with Crippen molar-refractivity contribution < 1.29 is 31.5 Å². The third kappa shape index (κ3) is 4.68. The average molecular weight is 463 g/mol. The highest BCUT2D eigenvalue weighted by atomic mass is 32.2. The highest BCUT2D eigenvalue weighted by molar-refractivity contribution is 7.89. The number of aromatic nitrogens is 2. The zero-order valence-corrected chi connectivity index (χ0v) is 17.8. The first-order valence-electron chi connectivity index (χ1n) is 8.91. The topological polar surface area (TPSA) is 111 Å². The van der Waals surface area contributed by atoms with Gasteiger partial charge < -0.3 is 14.8 Å². The van der Waals surface area contributed by atoms with Crippen LogP contribution in [0.4, 0.5) is 13.9 Å². The highest BCUT2D eigenvalue weighted by Crippen LogP contribution is 2.32. The monoisotopic (exact) mass is 462 g/mol. The molecule has 30 heavy (non-hydrogen) atoms. The fraction of sp³-hybridized carbons (Fsp3) is 0.471. The molecule has 1 aliphatic rings. The molecule has 1 aliphatic heterocycles. The Morgan fingerprint density at radius 3 is 2.43 bits per heavy atom. The fourth-order valence-corrected chi connectivity index (χ4v) is 5.15. The Bertz CT molecular complexity index is 1010. The van der Waals surface area contributed by atoms with E-state index < -0.39 is 33.3 Å². The lowest BCUT2D eigenvalue weighted by Crippen LogP contribution is -2.41. The first-order valence-corrected chi connectivity index (χ1v) is 11.2. The van der Waals surface area contributed by atoms with Crippen molar-refractivity contribution in [2.45, 2.75) is 24.2 Å². The normalized spacial score (nSPS) is 15.9. The summed E-state index contributed by atoms with van der Waals surface area (Å²) in [6.07, 6.45) is -2.17. The minimum absolute atomic E-state index is 0.00400. The second-order valence-corrected chi connectivity index (χ2v) is 9.38. The number of carbonyl (C=O) groups is 1. The molecule has 9 nitrogen and oxygen atoms in total. The summed E-state index contributed by atoms with van der Waals surface area (Å²) in [7, 11) is -0.898. The van der Waals surface area contributed by atoms with Crippen LogP contribution in [0.25, 0.3) is 0 Å². The summed E-state index contributed by atoms with van der Waals surface area (Å²) in [6, 6.07) is 4.34. The van der Waals surface area contributed by atoms with E-state index >= 15 is 0 Å². The molecule has 13 heteroatoms. The molecule has 0 radical (unpaired) electrons. The number of nitrogens with one attached hydrogen (secondary N) is 1. The Kier molecular flexibility index (Phi) is 6.83. The van der Waals surface area contributed by atoms with Crippen molar-refractivity contribution in [3.63, 3.8) is 0 Å². The van der Waals surface area contributed by atoms with Gasteiger partial charge in [0, 0.05) is 25.1 Å². The molecule has 3 rings (SSSR count). The summed E-state index contributed by atoms with van der Waals surface area (Å²) in [6.45, 7) is 0.292. The van der Waals surface area contributed by atoms with Crippen LogP contribution in [-0.4, -0.2) is 56.1 Å². The number of ether oxygens (including phenoxy) is 2. The van der Waals surface area contributed by atoms with Gasteiger partial charge in [0.15, 0.2) is 16.5 Å². The quantitative estimate of drug-likeness (QED) is 0.673. The lowest BCUT2D eigenvalue weighted by atomic mass is 9.97. The van der Waals surface area contributed by atoms with Crippen LogP contribution in [0.2, 0.25) is 0 Å². The first kappa shape index (κ1) is 22.3. The van der Waals surface area contributed by atoms with Crippen molar-refractivity contribution in [1.82, 2.24) is 14.5 Å². The molecular formula is C17H20F2N4O5S2. The van der Waals surface area contributed by atoms with Gasteiger partial charge in [-0.3, -0.25) is 4.79 Å². The van der Waals surface area contributed by atoms with Gasteiger partial charge in [-0.15, -0.1) is 10.2 Å². The Morgan fingerprint density at radius 1 is 1.20 bits per heavy atom. The third-order valence-electron chi connectivity index (χ3n) is 4.67. The molecule has 0 unspecified atom stereocenters. The largest absolute Gasteiger partial charge is 0.493 e. The number of carbonyl (C=O) groups excluding carboxylic acids is 1. The summed E-state index contributed by atoms with van der Waals surface area (Å²) in [5, 5.41) is 8.84. The number of rotatable bonds is 7. The second kappa shape index (κ2) is 9.18. The molecule has 0 aliphatic carbocycles. The van der Waals surface area contributed by atoms with E-state index in [0.717, 1.165) is 0 Å². The van der Waals surface area contributed by atoms with Gasteiger partial charge in [-0.25, -0.2) is 17.2 Å². The van der Waals surface area contributed by atoms with Crippen molar-refractivity contribution in [2.75, 3.05) is 32.6 Å². The number of alkyl halides is 2. The van der Waals surface area contributed by atoms with Gasteiger partial charge in [0.25, 0.3) is 6.43 Å². The number of halogens is 2. The number of piperidine rings is 1. The van der Waals surface area contributed by atoms with Crippen LogP contribution in [0.15, 0.2) is 23.1 Å². The molecule has 1 N–H and O–H groups in total. The number of anilines is 1. The molecule has 2 aromatic rings. The van der Waals surface area contributed by atoms with Gasteiger partial charge >= 0.3 is 0 Å². The molecule has 1 saturated heterocycles. The van der Waals surface area contributed by atoms with E-state index in [2.05, 4.69) is 15.5 Å². The van der Waals surface area contributed by atoms with Gasteiger partial charge in [-0.05, 0) is 25.0 Å². The van der Waals surface area contributed by atoms with Crippen molar-refractivity contribution in [3.8, 4) is 11.5 Å². The Labute approximate surface area is 176 Å². The maximum absolute atomic E-state index is 12.9.